The fraction of sp³-hybridized carbons (Fsp3) is 1.00. The summed E-state index contributed by atoms with van der Waals surface area (Å²) in [5.74, 6) is 0.776. The molecule has 0 radical (unpaired) electrons. The Morgan fingerprint density at radius 3 is 2.47 bits per heavy atom. The Kier molecular flexibility index (Phi) is 4.01. The molecule has 2 aliphatic rings. The van der Waals surface area contributed by atoms with Gasteiger partial charge in [-0.2, -0.15) is 0 Å². The van der Waals surface area contributed by atoms with Crippen molar-refractivity contribution >= 4 is 0 Å². The molecule has 1 aliphatic heterocycles. The molecule has 2 heteroatoms. The van der Waals surface area contributed by atoms with Gasteiger partial charge in [-0.05, 0) is 57.9 Å². The van der Waals surface area contributed by atoms with Gasteiger partial charge in [-0.3, -0.25) is 0 Å². The van der Waals surface area contributed by atoms with Crippen molar-refractivity contribution in [3.63, 3.8) is 0 Å². The Balaban J connectivity index is 1.75. The number of nitrogens with zero attached hydrogens (tertiary/aromatic N) is 1. The molecule has 1 nitrogen and oxygen atoms in total. The van der Waals surface area contributed by atoms with Crippen LogP contribution in [-0.2, 0) is 0 Å². The summed E-state index contributed by atoms with van der Waals surface area (Å²) in [6, 6.07) is 0.766. The van der Waals surface area contributed by atoms with Gasteiger partial charge in [0.1, 0.15) is 6.17 Å². The summed E-state index contributed by atoms with van der Waals surface area (Å²) < 4.78 is 13.0. The first-order valence-corrected chi connectivity index (χ1v) is 6.64. The molecule has 88 valence electrons. The molecule has 0 N–H and O–H groups in total. The summed E-state index contributed by atoms with van der Waals surface area (Å²) in [6.07, 6.45) is 7.48. The maximum Gasteiger partial charge on any atom is 0.100 e. The van der Waals surface area contributed by atoms with Gasteiger partial charge >= 0.3 is 0 Å². The van der Waals surface area contributed by atoms with Gasteiger partial charge in [-0.1, -0.05) is 6.42 Å². The third kappa shape index (κ3) is 3.17. The molecule has 1 unspecified atom stereocenters. The van der Waals surface area contributed by atoms with Crippen molar-refractivity contribution in [2.24, 2.45) is 5.92 Å². The van der Waals surface area contributed by atoms with Crippen LogP contribution in [0.1, 0.15) is 51.9 Å². The topological polar surface area (TPSA) is 3.24 Å². The fourth-order valence-electron chi connectivity index (χ4n) is 3.06. The zero-order valence-electron chi connectivity index (χ0n) is 9.92. The molecule has 1 aliphatic carbocycles. The molecule has 0 amide bonds. The molecule has 2 fully saturated rings. The van der Waals surface area contributed by atoms with Gasteiger partial charge < -0.3 is 4.90 Å². The lowest BCUT2D eigenvalue weighted by Gasteiger charge is -2.37. The summed E-state index contributed by atoms with van der Waals surface area (Å²) in [5.41, 5.74) is 0. The smallest absolute Gasteiger partial charge is 0.100 e. The Hall–Kier alpha value is -0.110. The predicted octanol–water partition coefficient (Wildman–Crippen LogP) is 3.39. The molecular formula is C13H24FN. The first-order valence-electron chi connectivity index (χ1n) is 6.64. The van der Waals surface area contributed by atoms with Crippen molar-refractivity contribution < 1.29 is 4.39 Å². The molecule has 1 atom stereocenters. The number of hydrogen-bond donors (Lipinski definition) is 0. The third-order valence-corrected chi connectivity index (χ3v) is 4.21. The van der Waals surface area contributed by atoms with E-state index in [2.05, 4.69) is 11.8 Å². The Bertz CT molecular complexity index is 187. The van der Waals surface area contributed by atoms with Crippen LogP contribution in [0.15, 0.2) is 0 Å². The van der Waals surface area contributed by atoms with Crippen molar-refractivity contribution in [1.29, 1.82) is 0 Å². The number of likely N-dealkylation sites (tertiary alicyclic amines) is 1. The van der Waals surface area contributed by atoms with E-state index in [0.29, 0.717) is 0 Å². The highest BCUT2D eigenvalue weighted by Crippen LogP contribution is 2.28. The van der Waals surface area contributed by atoms with Crippen LogP contribution in [0.5, 0.6) is 0 Å². The van der Waals surface area contributed by atoms with Gasteiger partial charge in [0.05, 0.1) is 0 Å². The highest BCUT2D eigenvalue weighted by Gasteiger charge is 2.25. The number of halogens is 1. The van der Waals surface area contributed by atoms with Crippen molar-refractivity contribution in [3.8, 4) is 0 Å². The summed E-state index contributed by atoms with van der Waals surface area (Å²) in [4.78, 5) is 2.63. The minimum Gasteiger partial charge on any atom is -0.300 e. The second-order valence-corrected chi connectivity index (χ2v) is 5.46. The van der Waals surface area contributed by atoms with Gasteiger partial charge in [0, 0.05) is 12.6 Å². The van der Waals surface area contributed by atoms with E-state index >= 15 is 0 Å². The van der Waals surface area contributed by atoms with E-state index in [1.54, 1.807) is 0 Å². The largest absolute Gasteiger partial charge is 0.300 e. The number of hydrogen-bond acceptors (Lipinski definition) is 1. The molecule has 0 spiro atoms. The van der Waals surface area contributed by atoms with Crippen molar-refractivity contribution in [2.75, 3.05) is 13.1 Å². The van der Waals surface area contributed by atoms with E-state index in [0.717, 1.165) is 37.6 Å². The third-order valence-electron chi connectivity index (χ3n) is 4.21. The van der Waals surface area contributed by atoms with E-state index in [9.17, 15) is 4.39 Å². The highest BCUT2D eigenvalue weighted by molar-refractivity contribution is 4.79. The monoisotopic (exact) mass is 213 g/mol. The first kappa shape index (κ1) is 11.4. The lowest BCUT2D eigenvalue weighted by molar-refractivity contribution is 0.108. The zero-order chi connectivity index (χ0) is 10.7. The molecule has 15 heavy (non-hydrogen) atoms. The first-order chi connectivity index (χ1) is 7.25. The van der Waals surface area contributed by atoms with E-state index in [1.807, 2.05) is 0 Å². The molecule has 2 rings (SSSR count). The highest BCUT2D eigenvalue weighted by atomic mass is 19.1. The van der Waals surface area contributed by atoms with E-state index in [-0.39, 0.29) is 0 Å². The zero-order valence-corrected chi connectivity index (χ0v) is 9.92. The molecule has 0 aromatic carbocycles. The molecule has 0 aromatic rings. The minimum absolute atomic E-state index is 0.500. The normalized spacial score (nSPS) is 39.2. The second-order valence-electron chi connectivity index (χ2n) is 5.46. The van der Waals surface area contributed by atoms with E-state index in [4.69, 9.17) is 0 Å². The van der Waals surface area contributed by atoms with Crippen molar-refractivity contribution in [1.82, 2.24) is 4.90 Å². The van der Waals surface area contributed by atoms with Crippen LogP contribution in [0.2, 0.25) is 0 Å². The minimum atomic E-state index is -0.500. The Labute approximate surface area is 93.0 Å². The number of alkyl halides is 1. The van der Waals surface area contributed by atoms with Crippen LogP contribution >= 0.6 is 0 Å². The van der Waals surface area contributed by atoms with Gasteiger partial charge in [-0.15, -0.1) is 0 Å². The summed E-state index contributed by atoms with van der Waals surface area (Å²) in [5, 5.41) is 0. The quantitative estimate of drug-likeness (QED) is 0.679. The van der Waals surface area contributed by atoms with Crippen LogP contribution in [0.4, 0.5) is 4.39 Å². The lowest BCUT2D eigenvalue weighted by atomic mass is 9.87. The molecule has 0 aromatic heterocycles. The van der Waals surface area contributed by atoms with Gasteiger partial charge in [0.25, 0.3) is 0 Å². The summed E-state index contributed by atoms with van der Waals surface area (Å²) in [6.45, 7) is 4.85. The van der Waals surface area contributed by atoms with Crippen LogP contribution in [0.25, 0.3) is 0 Å². The second kappa shape index (κ2) is 5.29. The standard InChI is InChI=1S/C13H24FN/c1-11-4-2-3-9-15(11)10-12-5-7-13(14)8-6-12/h11-13H,2-10H2,1H3. The van der Waals surface area contributed by atoms with Crippen LogP contribution in [-0.4, -0.2) is 30.2 Å². The van der Waals surface area contributed by atoms with Crippen molar-refractivity contribution in [3.05, 3.63) is 0 Å². The maximum absolute atomic E-state index is 13.0. The molecule has 1 saturated carbocycles. The lowest BCUT2D eigenvalue weighted by Crippen LogP contribution is -2.41. The van der Waals surface area contributed by atoms with Gasteiger partial charge in [0.2, 0.25) is 0 Å². The molecule has 1 saturated heterocycles. The van der Waals surface area contributed by atoms with E-state index in [1.165, 1.54) is 32.4 Å². The predicted molar refractivity (Wildman–Crippen MR) is 61.7 cm³/mol. The molecular weight excluding hydrogens is 189 g/mol. The van der Waals surface area contributed by atoms with Gasteiger partial charge in [0.15, 0.2) is 0 Å². The molecule has 1 heterocycles. The Morgan fingerprint density at radius 2 is 1.80 bits per heavy atom. The summed E-state index contributed by atoms with van der Waals surface area (Å²) >= 11 is 0. The average Bonchev–Trinajstić information content (AvgIpc) is 2.25. The Morgan fingerprint density at radius 1 is 1.07 bits per heavy atom. The SMILES string of the molecule is CC1CCCCN1CC1CCC(F)CC1. The summed E-state index contributed by atoms with van der Waals surface area (Å²) in [7, 11) is 0. The average molecular weight is 213 g/mol. The van der Waals surface area contributed by atoms with E-state index < -0.39 is 6.17 Å². The number of rotatable bonds is 2. The molecule has 0 bridgehead atoms. The van der Waals surface area contributed by atoms with Crippen molar-refractivity contribution in [2.45, 2.75) is 64.1 Å². The van der Waals surface area contributed by atoms with Crippen LogP contribution < -0.4 is 0 Å². The van der Waals surface area contributed by atoms with Crippen LogP contribution in [0, 0.1) is 5.92 Å². The van der Waals surface area contributed by atoms with Crippen LogP contribution in [0.3, 0.4) is 0 Å². The maximum atomic E-state index is 13.0. The van der Waals surface area contributed by atoms with Gasteiger partial charge in [-0.25, -0.2) is 4.39 Å². The fourth-order valence-corrected chi connectivity index (χ4v) is 3.06. The number of piperidine rings is 1.